The second kappa shape index (κ2) is 6.50. The van der Waals surface area contributed by atoms with Gasteiger partial charge in [-0.05, 0) is 30.5 Å². The zero-order valence-electron chi connectivity index (χ0n) is 11.6. The summed E-state index contributed by atoms with van der Waals surface area (Å²) in [4.78, 5) is 0. The lowest BCUT2D eigenvalue weighted by molar-refractivity contribution is 0.243. The lowest BCUT2D eigenvalue weighted by Crippen LogP contribution is -2.24. The summed E-state index contributed by atoms with van der Waals surface area (Å²) in [7, 11) is 0. The molecule has 0 aliphatic rings. The predicted molar refractivity (Wildman–Crippen MR) is 79.0 cm³/mol. The lowest BCUT2D eigenvalue weighted by atomic mass is 10.0. The van der Waals surface area contributed by atoms with E-state index in [-0.39, 0.29) is 12.6 Å². The number of hydrogen-bond acceptors (Lipinski definition) is 2. The van der Waals surface area contributed by atoms with E-state index in [2.05, 4.69) is 37.4 Å². The summed E-state index contributed by atoms with van der Waals surface area (Å²) in [6.45, 7) is 5.10. The molecule has 2 N–H and O–H groups in total. The first-order valence-electron chi connectivity index (χ1n) is 6.66. The van der Waals surface area contributed by atoms with Crippen molar-refractivity contribution in [1.82, 2.24) is 5.32 Å². The first kappa shape index (κ1) is 13.8. The lowest BCUT2D eigenvalue weighted by Gasteiger charge is -2.18. The van der Waals surface area contributed by atoms with E-state index in [1.807, 2.05) is 30.3 Å². The number of aliphatic hydroxyl groups excluding tert-OH is 1. The number of nitrogens with one attached hydrogen (secondary N) is 1. The average Bonchev–Trinajstić information content (AvgIpc) is 2.44. The van der Waals surface area contributed by atoms with Crippen molar-refractivity contribution < 1.29 is 5.11 Å². The maximum atomic E-state index is 9.52. The molecule has 0 heterocycles. The highest BCUT2D eigenvalue weighted by Gasteiger charge is 2.09. The molecular weight excluding hydrogens is 234 g/mol. The first-order valence-corrected chi connectivity index (χ1v) is 6.66. The van der Waals surface area contributed by atoms with Gasteiger partial charge in [-0.15, -0.1) is 0 Å². The van der Waals surface area contributed by atoms with Crippen LogP contribution in [0.15, 0.2) is 48.5 Å². The van der Waals surface area contributed by atoms with Crippen molar-refractivity contribution in [3.8, 4) is 0 Å². The van der Waals surface area contributed by atoms with Gasteiger partial charge in [0.05, 0.1) is 12.6 Å². The number of hydrogen-bond donors (Lipinski definition) is 2. The maximum absolute atomic E-state index is 9.52. The van der Waals surface area contributed by atoms with Gasteiger partial charge in [-0.3, -0.25) is 0 Å². The fourth-order valence-electron chi connectivity index (χ4n) is 2.20. The number of aliphatic hydroxyl groups is 1. The normalized spacial score (nSPS) is 12.4. The van der Waals surface area contributed by atoms with Gasteiger partial charge < -0.3 is 10.4 Å². The van der Waals surface area contributed by atoms with E-state index in [1.54, 1.807) is 0 Å². The molecule has 2 aromatic carbocycles. The van der Waals surface area contributed by atoms with Crippen molar-refractivity contribution in [2.75, 3.05) is 6.61 Å². The molecule has 1 atom stereocenters. The van der Waals surface area contributed by atoms with Crippen molar-refractivity contribution in [3.05, 3.63) is 70.8 Å². The van der Waals surface area contributed by atoms with E-state index in [0.717, 1.165) is 12.1 Å². The summed E-state index contributed by atoms with van der Waals surface area (Å²) in [6.07, 6.45) is 0. The van der Waals surface area contributed by atoms with Crippen LogP contribution in [0.1, 0.15) is 28.3 Å². The monoisotopic (exact) mass is 255 g/mol. The molecule has 0 aromatic heterocycles. The van der Waals surface area contributed by atoms with Gasteiger partial charge in [0.25, 0.3) is 0 Å². The smallest absolute Gasteiger partial charge is 0.0626 e. The molecule has 2 heteroatoms. The Morgan fingerprint density at radius 2 is 1.79 bits per heavy atom. The van der Waals surface area contributed by atoms with Gasteiger partial charge in [0, 0.05) is 6.54 Å². The Hall–Kier alpha value is -1.64. The Morgan fingerprint density at radius 1 is 1.05 bits per heavy atom. The first-order chi connectivity index (χ1) is 9.20. The van der Waals surface area contributed by atoms with E-state index in [9.17, 15) is 5.11 Å². The average molecular weight is 255 g/mol. The molecule has 0 radical (unpaired) electrons. The summed E-state index contributed by atoms with van der Waals surface area (Å²) in [6, 6.07) is 16.5. The van der Waals surface area contributed by atoms with Crippen LogP contribution in [0.5, 0.6) is 0 Å². The van der Waals surface area contributed by atoms with E-state index in [4.69, 9.17) is 0 Å². The Balaban J connectivity index is 2.06. The SMILES string of the molecule is Cc1ccc(C)c(CNC(CO)c2ccccc2)c1. The summed E-state index contributed by atoms with van der Waals surface area (Å²) >= 11 is 0. The Kier molecular flexibility index (Phi) is 4.72. The second-order valence-electron chi connectivity index (χ2n) is 4.96. The molecular formula is C17H21NO. The summed E-state index contributed by atoms with van der Waals surface area (Å²) in [5.74, 6) is 0. The van der Waals surface area contributed by atoms with Gasteiger partial charge in [-0.2, -0.15) is 0 Å². The zero-order valence-corrected chi connectivity index (χ0v) is 11.6. The minimum atomic E-state index is -0.0129. The van der Waals surface area contributed by atoms with Crippen molar-refractivity contribution in [2.45, 2.75) is 26.4 Å². The minimum absolute atomic E-state index is 0.0129. The van der Waals surface area contributed by atoms with Gasteiger partial charge >= 0.3 is 0 Å². The van der Waals surface area contributed by atoms with Crippen LogP contribution in [0.2, 0.25) is 0 Å². The van der Waals surface area contributed by atoms with Crippen molar-refractivity contribution >= 4 is 0 Å². The number of benzene rings is 2. The molecule has 0 amide bonds. The largest absolute Gasteiger partial charge is 0.394 e. The molecule has 2 aromatic rings. The molecule has 2 rings (SSSR count). The van der Waals surface area contributed by atoms with E-state index >= 15 is 0 Å². The summed E-state index contributed by atoms with van der Waals surface area (Å²) < 4.78 is 0. The van der Waals surface area contributed by atoms with Crippen molar-refractivity contribution in [3.63, 3.8) is 0 Å². The highest BCUT2D eigenvalue weighted by molar-refractivity contribution is 5.30. The van der Waals surface area contributed by atoms with Crippen LogP contribution >= 0.6 is 0 Å². The van der Waals surface area contributed by atoms with E-state index in [0.29, 0.717) is 0 Å². The summed E-state index contributed by atoms with van der Waals surface area (Å²) in [5, 5.41) is 12.9. The Labute approximate surface area is 115 Å². The van der Waals surface area contributed by atoms with Gasteiger partial charge in [0.1, 0.15) is 0 Å². The van der Waals surface area contributed by atoms with Crippen LogP contribution in [0.25, 0.3) is 0 Å². The highest BCUT2D eigenvalue weighted by Crippen LogP contribution is 2.15. The maximum Gasteiger partial charge on any atom is 0.0626 e. The zero-order chi connectivity index (χ0) is 13.7. The standard InChI is InChI=1S/C17H21NO/c1-13-8-9-14(2)16(10-13)11-18-17(12-19)15-6-4-3-5-7-15/h3-10,17-19H,11-12H2,1-2H3. The molecule has 0 saturated carbocycles. The van der Waals surface area contributed by atoms with Gasteiger partial charge in [0.2, 0.25) is 0 Å². The third kappa shape index (κ3) is 3.66. The minimum Gasteiger partial charge on any atom is -0.394 e. The second-order valence-corrected chi connectivity index (χ2v) is 4.96. The van der Waals surface area contributed by atoms with Crippen LogP contribution in [-0.2, 0) is 6.54 Å². The Morgan fingerprint density at radius 3 is 2.47 bits per heavy atom. The van der Waals surface area contributed by atoms with Crippen LogP contribution in [0, 0.1) is 13.8 Å². The van der Waals surface area contributed by atoms with Crippen LogP contribution in [0.4, 0.5) is 0 Å². The van der Waals surface area contributed by atoms with Gasteiger partial charge in [-0.25, -0.2) is 0 Å². The molecule has 0 bridgehead atoms. The third-order valence-corrected chi connectivity index (χ3v) is 3.43. The van der Waals surface area contributed by atoms with Gasteiger partial charge in [-0.1, -0.05) is 54.1 Å². The van der Waals surface area contributed by atoms with Crippen molar-refractivity contribution in [1.29, 1.82) is 0 Å². The summed E-state index contributed by atoms with van der Waals surface area (Å²) in [5.41, 5.74) is 4.95. The highest BCUT2D eigenvalue weighted by atomic mass is 16.3. The van der Waals surface area contributed by atoms with E-state index < -0.39 is 0 Å². The molecule has 0 saturated heterocycles. The predicted octanol–water partition coefficient (Wildman–Crippen LogP) is 3.13. The molecule has 0 fully saturated rings. The van der Waals surface area contributed by atoms with Crippen LogP contribution in [-0.4, -0.2) is 11.7 Å². The third-order valence-electron chi connectivity index (χ3n) is 3.43. The molecule has 2 nitrogen and oxygen atoms in total. The van der Waals surface area contributed by atoms with Crippen LogP contribution in [0.3, 0.4) is 0 Å². The number of rotatable bonds is 5. The van der Waals surface area contributed by atoms with Gasteiger partial charge in [0.15, 0.2) is 0 Å². The fraction of sp³-hybridized carbons (Fsp3) is 0.294. The quantitative estimate of drug-likeness (QED) is 0.860. The molecule has 0 spiro atoms. The Bertz CT molecular complexity index is 522. The molecule has 0 aliphatic carbocycles. The number of aryl methyl sites for hydroxylation is 2. The molecule has 100 valence electrons. The molecule has 1 unspecified atom stereocenters. The molecule has 0 aliphatic heterocycles. The van der Waals surface area contributed by atoms with Crippen LogP contribution < -0.4 is 5.32 Å². The molecule has 19 heavy (non-hydrogen) atoms. The van der Waals surface area contributed by atoms with Crippen molar-refractivity contribution in [2.24, 2.45) is 0 Å². The topological polar surface area (TPSA) is 32.3 Å². The fourth-order valence-corrected chi connectivity index (χ4v) is 2.20. The van der Waals surface area contributed by atoms with E-state index in [1.165, 1.54) is 16.7 Å².